The molecule has 0 aromatic carbocycles. The van der Waals surface area contributed by atoms with E-state index in [0.717, 1.165) is 6.42 Å². The van der Waals surface area contributed by atoms with Crippen LogP contribution in [0, 0.1) is 11.3 Å². The standard InChI is InChI=1S/C6H9NO2/c8-3-6-1-4(6)5(9)7-2-6/h4,8H,1-3H2,(H,7,9)/t4-,6+/m0/s1. The molecule has 2 fully saturated rings. The van der Waals surface area contributed by atoms with Crippen molar-refractivity contribution in [3.05, 3.63) is 0 Å². The van der Waals surface area contributed by atoms with Crippen molar-refractivity contribution in [1.82, 2.24) is 5.32 Å². The van der Waals surface area contributed by atoms with Gasteiger partial charge in [0.15, 0.2) is 0 Å². The average Bonchev–Trinajstić information content (AvgIpc) is 2.53. The number of aliphatic hydroxyl groups excluding tert-OH is 1. The Morgan fingerprint density at radius 2 is 2.67 bits per heavy atom. The molecule has 1 heterocycles. The zero-order valence-corrected chi connectivity index (χ0v) is 5.05. The SMILES string of the molecule is O=C1NC[C@@]2(CO)C[C@@H]12. The van der Waals surface area contributed by atoms with Crippen molar-refractivity contribution < 1.29 is 9.90 Å². The minimum Gasteiger partial charge on any atom is -0.396 e. The maximum absolute atomic E-state index is 10.8. The summed E-state index contributed by atoms with van der Waals surface area (Å²) in [7, 11) is 0. The number of fused-ring (bicyclic) bond motifs is 1. The Bertz CT molecular complexity index is 168. The first-order valence-electron chi connectivity index (χ1n) is 3.17. The normalized spacial score (nSPS) is 46.3. The highest BCUT2D eigenvalue weighted by Gasteiger charge is 2.61. The van der Waals surface area contributed by atoms with Gasteiger partial charge in [-0.25, -0.2) is 0 Å². The van der Waals surface area contributed by atoms with E-state index < -0.39 is 0 Å². The zero-order chi connectivity index (χ0) is 6.48. The third kappa shape index (κ3) is 0.477. The van der Waals surface area contributed by atoms with E-state index in [-0.39, 0.29) is 23.8 Å². The van der Waals surface area contributed by atoms with Gasteiger partial charge in [0.05, 0.1) is 6.61 Å². The number of piperidine rings is 1. The van der Waals surface area contributed by atoms with Gasteiger partial charge in [-0.15, -0.1) is 0 Å². The van der Waals surface area contributed by atoms with Crippen molar-refractivity contribution in [1.29, 1.82) is 0 Å². The summed E-state index contributed by atoms with van der Waals surface area (Å²) in [5.74, 6) is 0.270. The molecule has 1 saturated carbocycles. The van der Waals surface area contributed by atoms with Gasteiger partial charge in [-0.2, -0.15) is 0 Å². The monoisotopic (exact) mass is 127 g/mol. The number of carbonyl (C=O) groups is 1. The number of hydrogen-bond donors (Lipinski definition) is 2. The fourth-order valence-corrected chi connectivity index (χ4v) is 1.53. The highest BCUT2D eigenvalue weighted by molar-refractivity contribution is 5.85. The molecule has 2 N–H and O–H groups in total. The lowest BCUT2D eigenvalue weighted by Crippen LogP contribution is -2.22. The molecule has 0 aromatic rings. The first-order valence-corrected chi connectivity index (χ1v) is 3.17. The average molecular weight is 127 g/mol. The molecule has 2 aliphatic rings. The Hall–Kier alpha value is -0.570. The van der Waals surface area contributed by atoms with Gasteiger partial charge in [-0.05, 0) is 6.42 Å². The lowest BCUT2D eigenvalue weighted by molar-refractivity contribution is -0.120. The molecule has 9 heavy (non-hydrogen) atoms. The van der Waals surface area contributed by atoms with Crippen molar-refractivity contribution in [2.24, 2.45) is 11.3 Å². The summed E-state index contributed by atoms with van der Waals surface area (Å²) in [6.07, 6.45) is 0.898. The van der Waals surface area contributed by atoms with E-state index in [0.29, 0.717) is 6.54 Å². The first kappa shape index (κ1) is 5.23. The first-order chi connectivity index (χ1) is 4.28. The summed E-state index contributed by atoms with van der Waals surface area (Å²) >= 11 is 0. The fourth-order valence-electron chi connectivity index (χ4n) is 1.53. The predicted molar refractivity (Wildman–Crippen MR) is 30.6 cm³/mol. The molecule has 1 aliphatic heterocycles. The van der Waals surface area contributed by atoms with Crippen LogP contribution in [0.1, 0.15) is 6.42 Å². The molecule has 2 atom stereocenters. The van der Waals surface area contributed by atoms with Crippen LogP contribution in [0.5, 0.6) is 0 Å². The smallest absolute Gasteiger partial charge is 0.223 e. The summed E-state index contributed by atoms with van der Waals surface area (Å²) in [5.41, 5.74) is -0.0307. The Morgan fingerprint density at radius 3 is 2.89 bits per heavy atom. The number of aliphatic hydroxyl groups is 1. The van der Waals surface area contributed by atoms with Gasteiger partial charge in [-0.1, -0.05) is 0 Å². The van der Waals surface area contributed by atoms with Gasteiger partial charge in [0.25, 0.3) is 0 Å². The lowest BCUT2D eigenvalue weighted by Gasteiger charge is -2.02. The Labute approximate surface area is 53.1 Å². The van der Waals surface area contributed by atoms with E-state index in [9.17, 15) is 4.79 Å². The van der Waals surface area contributed by atoms with Crippen LogP contribution in [0.3, 0.4) is 0 Å². The topological polar surface area (TPSA) is 49.3 Å². The molecular formula is C6H9NO2. The Balaban J connectivity index is 2.17. The van der Waals surface area contributed by atoms with Crippen LogP contribution in [0.2, 0.25) is 0 Å². The third-order valence-corrected chi connectivity index (χ3v) is 2.44. The van der Waals surface area contributed by atoms with E-state index in [1.54, 1.807) is 0 Å². The second-order valence-electron chi connectivity index (χ2n) is 3.00. The van der Waals surface area contributed by atoms with E-state index >= 15 is 0 Å². The molecule has 0 unspecified atom stereocenters. The third-order valence-electron chi connectivity index (χ3n) is 2.44. The predicted octanol–water partition coefficient (Wildman–Crippen LogP) is -0.885. The molecule has 0 bridgehead atoms. The van der Waals surface area contributed by atoms with Crippen LogP contribution < -0.4 is 5.32 Å². The number of nitrogens with one attached hydrogen (secondary N) is 1. The minimum atomic E-state index is -0.0307. The lowest BCUT2D eigenvalue weighted by atomic mass is 10.1. The summed E-state index contributed by atoms with van der Waals surface area (Å²) in [6.45, 7) is 0.851. The molecule has 0 radical (unpaired) electrons. The molecule has 2 rings (SSSR count). The van der Waals surface area contributed by atoms with Gasteiger partial charge in [0.1, 0.15) is 0 Å². The summed E-state index contributed by atoms with van der Waals surface area (Å²) in [4.78, 5) is 10.8. The quantitative estimate of drug-likeness (QED) is 0.480. The van der Waals surface area contributed by atoms with Crippen LogP contribution in [0.15, 0.2) is 0 Å². The molecule has 3 nitrogen and oxygen atoms in total. The number of amides is 1. The summed E-state index contributed by atoms with van der Waals surface area (Å²) in [6, 6.07) is 0. The Morgan fingerprint density at radius 1 is 1.89 bits per heavy atom. The fraction of sp³-hybridized carbons (Fsp3) is 0.833. The zero-order valence-electron chi connectivity index (χ0n) is 5.05. The van der Waals surface area contributed by atoms with Gasteiger partial charge in [0.2, 0.25) is 5.91 Å². The van der Waals surface area contributed by atoms with Gasteiger partial charge >= 0.3 is 0 Å². The molecule has 1 amide bonds. The van der Waals surface area contributed by atoms with Crippen molar-refractivity contribution in [2.45, 2.75) is 6.42 Å². The second kappa shape index (κ2) is 1.29. The minimum absolute atomic E-state index is 0.0307. The van der Waals surface area contributed by atoms with Crippen molar-refractivity contribution in [3.8, 4) is 0 Å². The van der Waals surface area contributed by atoms with Crippen LogP contribution in [0.25, 0.3) is 0 Å². The van der Waals surface area contributed by atoms with Crippen LogP contribution in [-0.4, -0.2) is 24.2 Å². The van der Waals surface area contributed by atoms with Crippen molar-refractivity contribution in [2.75, 3.05) is 13.2 Å². The molecule has 0 aromatic heterocycles. The molecule has 3 heteroatoms. The molecule has 50 valence electrons. The Kier molecular flexibility index (Phi) is 0.750. The largest absolute Gasteiger partial charge is 0.396 e. The van der Waals surface area contributed by atoms with Crippen molar-refractivity contribution >= 4 is 5.91 Å². The highest BCUT2D eigenvalue weighted by Crippen LogP contribution is 2.54. The molecule has 1 saturated heterocycles. The van der Waals surface area contributed by atoms with E-state index in [1.165, 1.54) is 0 Å². The maximum atomic E-state index is 10.8. The second-order valence-corrected chi connectivity index (χ2v) is 3.00. The van der Waals surface area contributed by atoms with E-state index in [4.69, 9.17) is 5.11 Å². The van der Waals surface area contributed by atoms with Gasteiger partial charge < -0.3 is 10.4 Å². The van der Waals surface area contributed by atoms with Gasteiger partial charge in [0, 0.05) is 17.9 Å². The van der Waals surface area contributed by atoms with E-state index in [1.807, 2.05) is 0 Å². The highest BCUT2D eigenvalue weighted by atomic mass is 16.3. The van der Waals surface area contributed by atoms with Crippen LogP contribution >= 0.6 is 0 Å². The van der Waals surface area contributed by atoms with Crippen LogP contribution in [0.4, 0.5) is 0 Å². The van der Waals surface area contributed by atoms with E-state index in [2.05, 4.69) is 5.32 Å². The maximum Gasteiger partial charge on any atom is 0.223 e. The summed E-state index contributed by atoms with van der Waals surface area (Å²) in [5, 5.41) is 11.5. The van der Waals surface area contributed by atoms with Crippen molar-refractivity contribution in [3.63, 3.8) is 0 Å². The molecular weight excluding hydrogens is 118 g/mol. The molecule has 1 aliphatic carbocycles. The van der Waals surface area contributed by atoms with Crippen LogP contribution in [-0.2, 0) is 4.79 Å². The number of hydrogen-bond acceptors (Lipinski definition) is 2. The van der Waals surface area contributed by atoms with Gasteiger partial charge in [-0.3, -0.25) is 4.79 Å². The number of carbonyl (C=O) groups excluding carboxylic acids is 1. The number of rotatable bonds is 1. The summed E-state index contributed by atoms with van der Waals surface area (Å²) < 4.78 is 0. The molecule has 0 spiro atoms.